The Balaban J connectivity index is 1.80. The number of Topliss-reactive ketones (excluding diaryl/α,β-unsaturated/α-hetero) is 1. The van der Waals surface area contributed by atoms with E-state index in [1.807, 2.05) is 18.2 Å². The van der Waals surface area contributed by atoms with Crippen LogP contribution < -0.4 is 9.91 Å². The molecule has 2 amide bonds. The third kappa shape index (κ3) is 2.47. The van der Waals surface area contributed by atoms with Gasteiger partial charge in [0.15, 0.2) is 5.78 Å². The van der Waals surface area contributed by atoms with E-state index in [2.05, 4.69) is 21.0 Å². The molecule has 2 aromatic rings. The minimum Gasteiger partial charge on any atom is -0.293 e. The van der Waals surface area contributed by atoms with Crippen LogP contribution in [0.1, 0.15) is 6.92 Å². The van der Waals surface area contributed by atoms with E-state index in [-0.39, 0.29) is 17.4 Å². The number of carbonyl (C=O) groups is 3. The van der Waals surface area contributed by atoms with Crippen LogP contribution in [0.4, 0.5) is 11.4 Å². The van der Waals surface area contributed by atoms with Crippen molar-refractivity contribution in [3.63, 3.8) is 0 Å². The number of fused-ring (bicyclic) bond motifs is 1. The number of nitrogens with zero attached hydrogens (tertiary/aromatic N) is 3. The van der Waals surface area contributed by atoms with Gasteiger partial charge in [0.25, 0.3) is 5.91 Å². The largest absolute Gasteiger partial charge is 0.293 e. The molecule has 0 N–H and O–H groups in total. The summed E-state index contributed by atoms with van der Waals surface area (Å²) in [6, 6.07) is 15.1. The molecule has 2 heterocycles. The number of rotatable bonds is 3. The van der Waals surface area contributed by atoms with Crippen LogP contribution in [0.2, 0.25) is 0 Å². The molecule has 0 aromatic heterocycles. The molecule has 2 aromatic carbocycles. The summed E-state index contributed by atoms with van der Waals surface area (Å²) >= 11 is 3.37. The Morgan fingerprint density at radius 2 is 1.62 bits per heavy atom. The van der Waals surface area contributed by atoms with Gasteiger partial charge < -0.3 is 0 Å². The van der Waals surface area contributed by atoms with Crippen LogP contribution in [-0.2, 0) is 14.4 Å². The third-order valence-electron chi connectivity index (χ3n) is 4.52. The average molecular weight is 412 g/mol. The summed E-state index contributed by atoms with van der Waals surface area (Å²) in [5, 5.41) is 5.80. The van der Waals surface area contributed by atoms with Gasteiger partial charge >= 0.3 is 0 Å². The maximum atomic E-state index is 13.1. The molecule has 1 saturated heterocycles. The Labute approximate surface area is 158 Å². The fraction of sp³-hybridized carbons (Fsp3) is 0.158. The number of para-hydroxylation sites is 1. The number of ketones is 1. The van der Waals surface area contributed by atoms with Crippen molar-refractivity contribution < 1.29 is 14.4 Å². The molecular formula is C19H14BrN3O3. The molecule has 6 nitrogen and oxygen atoms in total. The van der Waals surface area contributed by atoms with Gasteiger partial charge in [-0.3, -0.25) is 19.4 Å². The summed E-state index contributed by atoms with van der Waals surface area (Å²) in [4.78, 5) is 39.3. The minimum atomic E-state index is -0.885. The fourth-order valence-corrected chi connectivity index (χ4v) is 3.61. The van der Waals surface area contributed by atoms with E-state index in [9.17, 15) is 14.4 Å². The van der Waals surface area contributed by atoms with Crippen molar-refractivity contribution in [3.05, 3.63) is 59.1 Å². The summed E-state index contributed by atoms with van der Waals surface area (Å²) in [6.45, 7) is 1.36. The number of hydrogen-bond donors (Lipinski definition) is 0. The summed E-state index contributed by atoms with van der Waals surface area (Å²) in [5.74, 6) is -1.99. The predicted octanol–water partition coefficient (Wildman–Crippen LogP) is 2.77. The van der Waals surface area contributed by atoms with Gasteiger partial charge in [0.1, 0.15) is 17.7 Å². The Kier molecular flexibility index (Phi) is 3.96. The zero-order valence-corrected chi connectivity index (χ0v) is 15.4. The Morgan fingerprint density at radius 1 is 0.962 bits per heavy atom. The maximum Gasteiger partial charge on any atom is 0.259 e. The second-order valence-corrected chi connectivity index (χ2v) is 7.05. The quantitative estimate of drug-likeness (QED) is 0.728. The smallest absolute Gasteiger partial charge is 0.259 e. The van der Waals surface area contributed by atoms with E-state index in [4.69, 9.17) is 0 Å². The zero-order chi connectivity index (χ0) is 18.4. The third-order valence-corrected chi connectivity index (χ3v) is 5.04. The number of carbonyl (C=O) groups excluding carboxylic acids is 3. The van der Waals surface area contributed by atoms with Crippen LogP contribution >= 0.6 is 15.9 Å². The van der Waals surface area contributed by atoms with Crippen molar-refractivity contribution in [2.75, 3.05) is 9.91 Å². The first-order valence-electron chi connectivity index (χ1n) is 8.06. The van der Waals surface area contributed by atoms with Crippen molar-refractivity contribution in [2.45, 2.75) is 13.0 Å². The van der Waals surface area contributed by atoms with Gasteiger partial charge in [0.2, 0.25) is 5.91 Å². The number of halogens is 1. The zero-order valence-electron chi connectivity index (χ0n) is 13.8. The summed E-state index contributed by atoms with van der Waals surface area (Å²) in [7, 11) is 0. The van der Waals surface area contributed by atoms with Crippen molar-refractivity contribution in [1.82, 2.24) is 0 Å². The molecule has 0 spiro atoms. The average Bonchev–Trinajstić information content (AvgIpc) is 3.14. The van der Waals surface area contributed by atoms with E-state index in [1.165, 1.54) is 11.9 Å². The van der Waals surface area contributed by atoms with E-state index < -0.39 is 17.9 Å². The molecule has 26 heavy (non-hydrogen) atoms. The van der Waals surface area contributed by atoms with Gasteiger partial charge in [0, 0.05) is 11.4 Å². The highest BCUT2D eigenvalue weighted by atomic mass is 79.9. The molecule has 0 aliphatic carbocycles. The molecule has 2 atom stereocenters. The summed E-state index contributed by atoms with van der Waals surface area (Å²) < 4.78 is 0.882. The van der Waals surface area contributed by atoms with Crippen molar-refractivity contribution in [2.24, 2.45) is 11.0 Å². The van der Waals surface area contributed by atoms with Crippen molar-refractivity contribution >= 4 is 50.6 Å². The van der Waals surface area contributed by atoms with Crippen molar-refractivity contribution in [1.29, 1.82) is 0 Å². The SMILES string of the molecule is CC(=O)C1=NN(c2ccc(Br)cc2)[C@@H]2C(=O)N(c3ccccc3)C(=O)[C@@H]12. The highest BCUT2D eigenvalue weighted by molar-refractivity contribution is 9.10. The van der Waals surface area contributed by atoms with Gasteiger partial charge in [0.05, 0.1) is 11.4 Å². The lowest BCUT2D eigenvalue weighted by Crippen LogP contribution is -2.39. The number of benzene rings is 2. The van der Waals surface area contributed by atoms with Crippen LogP contribution in [0.25, 0.3) is 0 Å². The first kappa shape index (κ1) is 16.7. The standard InChI is InChI=1S/C19H14BrN3O3/c1-11(24)16-15-17(23(21-16)14-9-7-12(20)8-10-14)19(26)22(18(15)25)13-5-3-2-4-6-13/h2-10,15,17H,1H3/t15-,17-/m0/s1. The summed E-state index contributed by atoms with van der Waals surface area (Å²) in [6.07, 6.45) is 0. The Hall–Kier alpha value is -2.80. The fourth-order valence-electron chi connectivity index (χ4n) is 3.34. The molecule has 2 aliphatic heterocycles. The van der Waals surface area contributed by atoms with Crippen LogP contribution in [0, 0.1) is 5.92 Å². The van der Waals surface area contributed by atoms with E-state index in [0.29, 0.717) is 11.4 Å². The van der Waals surface area contributed by atoms with Gasteiger partial charge in [-0.1, -0.05) is 34.1 Å². The highest BCUT2D eigenvalue weighted by Gasteiger charge is 2.58. The number of amides is 2. The van der Waals surface area contributed by atoms with Crippen LogP contribution in [-0.4, -0.2) is 29.4 Å². The van der Waals surface area contributed by atoms with E-state index in [0.717, 1.165) is 9.37 Å². The lowest BCUT2D eigenvalue weighted by atomic mass is 9.95. The van der Waals surface area contributed by atoms with Crippen LogP contribution in [0.5, 0.6) is 0 Å². The topological polar surface area (TPSA) is 70.1 Å². The van der Waals surface area contributed by atoms with Crippen molar-refractivity contribution in [3.8, 4) is 0 Å². The number of anilines is 2. The first-order valence-corrected chi connectivity index (χ1v) is 8.85. The first-order chi connectivity index (χ1) is 12.5. The van der Waals surface area contributed by atoms with Gasteiger partial charge in [-0.25, -0.2) is 4.90 Å². The molecule has 0 saturated carbocycles. The molecule has 0 unspecified atom stereocenters. The normalized spacial score (nSPS) is 21.8. The molecule has 0 bridgehead atoms. The second-order valence-electron chi connectivity index (χ2n) is 6.13. The number of hydrogen-bond acceptors (Lipinski definition) is 5. The molecule has 0 radical (unpaired) electrons. The van der Waals surface area contributed by atoms with Gasteiger partial charge in [-0.15, -0.1) is 0 Å². The molecular weight excluding hydrogens is 398 g/mol. The van der Waals surface area contributed by atoms with E-state index >= 15 is 0 Å². The van der Waals surface area contributed by atoms with Gasteiger partial charge in [-0.05, 0) is 36.4 Å². The predicted molar refractivity (Wildman–Crippen MR) is 101 cm³/mol. The monoisotopic (exact) mass is 411 g/mol. The molecule has 4 rings (SSSR count). The molecule has 7 heteroatoms. The maximum absolute atomic E-state index is 13.1. The van der Waals surface area contributed by atoms with E-state index in [1.54, 1.807) is 36.4 Å². The minimum absolute atomic E-state index is 0.120. The van der Waals surface area contributed by atoms with Crippen LogP contribution in [0.15, 0.2) is 64.2 Å². The highest BCUT2D eigenvalue weighted by Crippen LogP contribution is 2.38. The summed E-state index contributed by atoms with van der Waals surface area (Å²) in [5.41, 5.74) is 1.26. The molecule has 1 fully saturated rings. The number of hydrazone groups is 1. The molecule has 2 aliphatic rings. The lowest BCUT2D eigenvalue weighted by Gasteiger charge is -2.22. The lowest BCUT2D eigenvalue weighted by molar-refractivity contribution is -0.122. The Morgan fingerprint density at radius 3 is 2.23 bits per heavy atom. The Bertz CT molecular complexity index is 940. The van der Waals surface area contributed by atoms with Gasteiger partial charge in [-0.2, -0.15) is 5.10 Å². The molecule has 130 valence electrons. The second kappa shape index (κ2) is 6.17. The number of imide groups is 1. The van der Waals surface area contributed by atoms with Crippen LogP contribution in [0.3, 0.4) is 0 Å².